The van der Waals surface area contributed by atoms with Gasteiger partial charge in [0.1, 0.15) is 11.5 Å². The van der Waals surface area contributed by atoms with Crippen molar-refractivity contribution in [3.8, 4) is 11.5 Å². The summed E-state index contributed by atoms with van der Waals surface area (Å²) in [6, 6.07) is 10.7. The van der Waals surface area contributed by atoms with E-state index in [9.17, 15) is 15.0 Å². The Morgan fingerprint density at radius 3 is 2.43 bits per heavy atom. The summed E-state index contributed by atoms with van der Waals surface area (Å²) in [5, 5.41) is 23.3. The van der Waals surface area contributed by atoms with Gasteiger partial charge in [0.05, 0.1) is 11.3 Å². The van der Waals surface area contributed by atoms with Crippen LogP contribution in [0, 0.1) is 0 Å². The van der Waals surface area contributed by atoms with Gasteiger partial charge in [-0.1, -0.05) is 23.7 Å². The molecule has 2 aromatic carbocycles. The van der Waals surface area contributed by atoms with Crippen molar-refractivity contribution in [3.63, 3.8) is 0 Å². The van der Waals surface area contributed by atoms with E-state index < -0.39 is 5.91 Å². The Labute approximate surface area is 126 Å². The lowest BCUT2D eigenvalue weighted by molar-refractivity contribution is 0.0952. The van der Waals surface area contributed by atoms with Crippen molar-refractivity contribution in [2.75, 3.05) is 0 Å². The van der Waals surface area contributed by atoms with Crippen LogP contribution in [0.15, 0.2) is 47.6 Å². The van der Waals surface area contributed by atoms with Crippen LogP contribution in [0.1, 0.15) is 22.8 Å². The molecule has 0 unspecified atom stereocenters. The maximum atomic E-state index is 11.9. The Morgan fingerprint density at radius 1 is 1.14 bits per heavy atom. The van der Waals surface area contributed by atoms with Crippen LogP contribution in [-0.2, 0) is 0 Å². The highest BCUT2D eigenvalue weighted by Crippen LogP contribution is 2.22. The first-order chi connectivity index (χ1) is 9.97. The van der Waals surface area contributed by atoms with Gasteiger partial charge in [-0.3, -0.25) is 4.79 Å². The zero-order chi connectivity index (χ0) is 15.4. The Morgan fingerprint density at radius 2 is 1.81 bits per heavy atom. The fourth-order valence-electron chi connectivity index (χ4n) is 1.66. The molecule has 0 bridgehead atoms. The van der Waals surface area contributed by atoms with Crippen molar-refractivity contribution >= 4 is 23.2 Å². The molecule has 0 heterocycles. The quantitative estimate of drug-likeness (QED) is 0.602. The van der Waals surface area contributed by atoms with Crippen molar-refractivity contribution in [2.45, 2.75) is 6.92 Å². The van der Waals surface area contributed by atoms with Gasteiger partial charge in [0.2, 0.25) is 0 Å². The summed E-state index contributed by atoms with van der Waals surface area (Å²) in [5.41, 5.74) is 3.78. The topological polar surface area (TPSA) is 81.9 Å². The summed E-state index contributed by atoms with van der Waals surface area (Å²) >= 11 is 5.80. The van der Waals surface area contributed by atoms with Crippen LogP contribution in [0.4, 0.5) is 0 Å². The molecular weight excluding hydrogens is 292 g/mol. The number of halogens is 1. The number of amides is 1. The number of carbonyl (C=O) groups excluding carboxylic acids is 1. The Balaban J connectivity index is 2.12. The lowest BCUT2D eigenvalue weighted by atomic mass is 10.1. The number of hydrogen-bond acceptors (Lipinski definition) is 4. The number of phenolic OH excluding ortho intramolecular Hbond substituents is 2. The van der Waals surface area contributed by atoms with E-state index in [1.54, 1.807) is 31.2 Å². The third kappa shape index (κ3) is 3.73. The molecule has 0 aromatic heterocycles. The molecule has 0 fully saturated rings. The van der Waals surface area contributed by atoms with Gasteiger partial charge in [-0.2, -0.15) is 5.10 Å². The minimum absolute atomic E-state index is 0.0282. The monoisotopic (exact) mass is 304 g/mol. The van der Waals surface area contributed by atoms with Crippen LogP contribution in [0.3, 0.4) is 0 Å². The molecule has 5 nitrogen and oxygen atoms in total. The lowest BCUT2D eigenvalue weighted by Crippen LogP contribution is -2.19. The van der Waals surface area contributed by atoms with E-state index in [4.69, 9.17) is 11.6 Å². The largest absolute Gasteiger partial charge is 0.508 e. The highest BCUT2D eigenvalue weighted by molar-refractivity contribution is 6.30. The lowest BCUT2D eigenvalue weighted by Gasteiger charge is -2.05. The van der Waals surface area contributed by atoms with E-state index in [1.807, 2.05) is 0 Å². The predicted molar refractivity (Wildman–Crippen MR) is 80.9 cm³/mol. The number of nitrogens with zero attached hydrogens (tertiary/aromatic N) is 1. The third-order valence-corrected chi connectivity index (χ3v) is 3.07. The van der Waals surface area contributed by atoms with E-state index in [1.165, 1.54) is 12.1 Å². The highest BCUT2D eigenvalue weighted by atomic mass is 35.5. The molecule has 21 heavy (non-hydrogen) atoms. The number of phenols is 2. The number of hydrogen-bond donors (Lipinski definition) is 3. The second kappa shape index (κ2) is 6.28. The SMILES string of the molecule is CC(=NNC(=O)c1ccc(O)cc1O)c1ccc(Cl)cc1. The molecule has 0 aliphatic heterocycles. The van der Waals surface area contributed by atoms with E-state index in [0.717, 1.165) is 11.6 Å². The first kappa shape index (κ1) is 14.9. The fourth-order valence-corrected chi connectivity index (χ4v) is 1.79. The van der Waals surface area contributed by atoms with Crippen LogP contribution in [0.2, 0.25) is 5.02 Å². The fraction of sp³-hybridized carbons (Fsp3) is 0.0667. The molecule has 0 saturated heterocycles. The molecule has 0 spiro atoms. The first-order valence-electron chi connectivity index (χ1n) is 6.10. The summed E-state index contributed by atoms with van der Waals surface area (Å²) in [6.45, 7) is 1.74. The zero-order valence-corrected chi connectivity index (χ0v) is 11.9. The highest BCUT2D eigenvalue weighted by Gasteiger charge is 2.11. The van der Waals surface area contributed by atoms with E-state index in [0.29, 0.717) is 10.7 Å². The number of benzene rings is 2. The van der Waals surface area contributed by atoms with Crippen LogP contribution >= 0.6 is 11.6 Å². The van der Waals surface area contributed by atoms with Gasteiger partial charge in [-0.25, -0.2) is 5.43 Å². The number of aromatic hydroxyl groups is 2. The smallest absolute Gasteiger partial charge is 0.275 e. The molecular formula is C15H13ClN2O3. The van der Waals surface area contributed by atoms with E-state index in [2.05, 4.69) is 10.5 Å². The van der Waals surface area contributed by atoms with Crippen molar-refractivity contribution in [2.24, 2.45) is 5.10 Å². The molecule has 0 radical (unpaired) electrons. The van der Waals surface area contributed by atoms with Gasteiger partial charge in [-0.05, 0) is 36.8 Å². The Kier molecular flexibility index (Phi) is 4.45. The average Bonchev–Trinajstić information content (AvgIpc) is 2.45. The summed E-state index contributed by atoms with van der Waals surface area (Å²) in [5.74, 6) is -1.00. The number of nitrogens with one attached hydrogen (secondary N) is 1. The van der Waals surface area contributed by atoms with Crippen LogP contribution in [-0.4, -0.2) is 21.8 Å². The van der Waals surface area contributed by atoms with E-state index >= 15 is 0 Å². The summed E-state index contributed by atoms with van der Waals surface area (Å²) < 4.78 is 0. The van der Waals surface area contributed by atoms with Crippen molar-refractivity contribution in [1.82, 2.24) is 5.43 Å². The van der Waals surface area contributed by atoms with Crippen molar-refractivity contribution < 1.29 is 15.0 Å². The Hall–Kier alpha value is -2.53. The number of rotatable bonds is 3. The normalized spacial score (nSPS) is 11.2. The van der Waals surface area contributed by atoms with Crippen molar-refractivity contribution in [1.29, 1.82) is 0 Å². The summed E-state index contributed by atoms with van der Waals surface area (Å²) in [6.07, 6.45) is 0. The van der Waals surface area contributed by atoms with Crippen LogP contribution in [0.25, 0.3) is 0 Å². The molecule has 1 amide bonds. The zero-order valence-electron chi connectivity index (χ0n) is 11.2. The summed E-state index contributed by atoms with van der Waals surface area (Å²) in [4.78, 5) is 11.9. The minimum atomic E-state index is -0.569. The van der Waals surface area contributed by atoms with Crippen LogP contribution < -0.4 is 5.43 Å². The van der Waals surface area contributed by atoms with Gasteiger partial charge >= 0.3 is 0 Å². The molecule has 2 aromatic rings. The molecule has 0 saturated carbocycles. The van der Waals surface area contributed by atoms with Gasteiger partial charge in [0, 0.05) is 11.1 Å². The van der Waals surface area contributed by atoms with Gasteiger partial charge in [0.15, 0.2) is 0 Å². The minimum Gasteiger partial charge on any atom is -0.508 e. The predicted octanol–water partition coefficient (Wildman–Crippen LogP) is 2.91. The molecule has 2 rings (SSSR count). The van der Waals surface area contributed by atoms with Gasteiger partial charge in [0.25, 0.3) is 5.91 Å². The summed E-state index contributed by atoms with van der Waals surface area (Å²) in [7, 11) is 0. The van der Waals surface area contributed by atoms with Gasteiger partial charge in [-0.15, -0.1) is 0 Å². The third-order valence-electron chi connectivity index (χ3n) is 2.81. The number of hydrazone groups is 1. The first-order valence-corrected chi connectivity index (χ1v) is 6.47. The van der Waals surface area contributed by atoms with E-state index in [-0.39, 0.29) is 17.1 Å². The molecule has 0 aliphatic carbocycles. The Bertz CT molecular complexity index is 697. The average molecular weight is 305 g/mol. The second-order valence-corrected chi connectivity index (χ2v) is 4.78. The van der Waals surface area contributed by atoms with Crippen molar-refractivity contribution in [3.05, 3.63) is 58.6 Å². The second-order valence-electron chi connectivity index (χ2n) is 4.35. The maximum absolute atomic E-state index is 11.9. The maximum Gasteiger partial charge on any atom is 0.275 e. The number of carbonyl (C=O) groups is 1. The molecule has 3 N–H and O–H groups in total. The standard InChI is InChI=1S/C15H13ClN2O3/c1-9(10-2-4-11(16)5-3-10)17-18-15(21)13-7-6-12(19)8-14(13)20/h2-8,19-20H,1H3,(H,18,21). The molecule has 0 aliphatic rings. The van der Waals surface area contributed by atoms with Gasteiger partial charge < -0.3 is 10.2 Å². The molecule has 6 heteroatoms. The van der Waals surface area contributed by atoms with Crippen LogP contribution in [0.5, 0.6) is 11.5 Å². The molecule has 108 valence electrons. The molecule has 0 atom stereocenters.